The third-order valence-electron chi connectivity index (χ3n) is 5.28. The van der Waals surface area contributed by atoms with Crippen LogP contribution in [0.5, 0.6) is 17.5 Å². The molecule has 1 aliphatic rings. The average Bonchev–Trinajstić information content (AvgIpc) is 3.35. The second-order valence-corrected chi connectivity index (χ2v) is 8.00. The molecule has 35 heavy (non-hydrogen) atoms. The van der Waals surface area contributed by atoms with E-state index in [0.717, 1.165) is 22.3 Å². The lowest BCUT2D eigenvalue weighted by molar-refractivity contribution is -0.274. The van der Waals surface area contributed by atoms with E-state index in [2.05, 4.69) is 14.7 Å². The number of nitrogens with zero attached hydrogens (tertiary/aromatic N) is 5. The number of hydrogen-bond acceptors (Lipinski definition) is 7. The molecule has 0 saturated heterocycles. The quantitative estimate of drug-likeness (QED) is 0.516. The minimum Gasteiger partial charge on any atom is -0.425 e. The number of aliphatic hydroxyl groups excluding tert-OH is 1. The van der Waals surface area contributed by atoms with Crippen LogP contribution in [0, 0.1) is 0 Å². The molecule has 0 saturated carbocycles. The number of aryl methyl sites for hydroxylation is 1. The minimum absolute atomic E-state index is 0.00223. The Morgan fingerprint density at radius 3 is 2.57 bits per heavy atom. The summed E-state index contributed by atoms with van der Waals surface area (Å²) in [5.74, 6) is -0.506. The molecule has 13 heteroatoms. The van der Waals surface area contributed by atoms with Crippen LogP contribution in [-0.2, 0) is 20.1 Å². The molecule has 0 amide bonds. The number of fused-ring (bicyclic) bond motifs is 1. The Morgan fingerprint density at radius 2 is 1.91 bits per heavy atom. The van der Waals surface area contributed by atoms with Crippen LogP contribution in [0.1, 0.15) is 19.8 Å². The Balaban J connectivity index is 1.83. The fourth-order valence-electron chi connectivity index (χ4n) is 3.74. The van der Waals surface area contributed by atoms with Crippen LogP contribution in [0.4, 0.5) is 13.2 Å². The third kappa shape index (κ3) is 5.14. The number of aliphatic hydroxyl groups is 1. The maximum absolute atomic E-state index is 13.3. The predicted molar refractivity (Wildman–Crippen MR) is 120 cm³/mol. The Hall–Kier alpha value is -3.87. The van der Waals surface area contributed by atoms with Crippen LogP contribution in [-0.4, -0.2) is 42.5 Å². The monoisotopic (exact) mass is 493 g/mol. The van der Waals surface area contributed by atoms with Crippen molar-refractivity contribution in [1.82, 2.24) is 18.7 Å². The number of benzene rings is 1. The molecule has 0 unspecified atom stereocenters. The second-order valence-electron chi connectivity index (χ2n) is 8.00. The van der Waals surface area contributed by atoms with Crippen molar-refractivity contribution in [1.29, 1.82) is 0 Å². The van der Waals surface area contributed by atoms with E-state index < -0.39 is 23.4 Å². The van der Waals surface area contributed by atoms with Crippen molar-refractivity contribution in [2.75, 3.05) is 6.61 Å². The van der Waals surface area contributed by atoms with E-state index in [1.165, 1.54) is 28.3 Å². The minimum atomic E-state index is -4.88. The number of aromatic nitrogens is 4. The largest absolute Gasteiger partial charge is 0.573 e. The lowest BCUT2D eigenvalue weighted by Crippen LogP contribution is -2.40. The maximum atomic E-state index is 13.3. The summed E-state index contributed by atoms with van der Waals surface area (Å²) < 4.78 is 51.2. The molecule has 1 aliphatic heterocycles. The van der Waals surface area contributed by atoms with E-state index in [9.17, 15) is 22.8 Å². The molecule has 0 spiro atoms. The van der Waals surface area contributed by atoms with E-state index >= 15 is 0 Å². The summed E-state index contributed by atoms with van der Waals surface area (Å²) in [5, 5.41) is 9.16. The molecule has 10 nitrogen and oxygen atoms in total. The van der Waals surface area contributed by atoms with Crippen molar-refractivity contribution in [2.24, 2.45) is 12.0 Å². The molecule has 0 radical (unpaired) electrons. The van der Waals surface area contributed by atoms with E-state index in [1.54, 1.807) is 6.20 Å². The van der Waals surface area contributed by atoms with Gasteiger partial charge in [0.25, 0.3) is 5.56 Å². The smallest absolute Gasteiger partial charge is 0.425 e. The molecule has 1 aromatic carbocycles. The van der Waals surface area contributed by atoms with Crippen LogP contribution in [0.15, 0.2) is 50.6 Å². The van der Waals surface area contributed by atoms with Gasteiger partial charge in [0.1, 0.15) is 11.5 Å². The number of alkyl halides is 3. The SMILES string of the molecule is CC1=CN=C(Cn2c(Oc3cccc(OC(F)(F)F)c3)nc3c2c(=O)n(CCCO)c(=O)n3C)C1. The highest BCUT2D eigenvalue weighted by atomic mass is 19.4. The maximum Gasteiger partial charge on any atom is 0.573 e. The van der Waals surface area contributed by atoms with Gasteiger partial charge >= 0.3 is 18.1 Å². The molecule has 0 bridgehead atoms. The summed E-state index contributed by atoms with van der Waals surface area (Å²) in [7, 11) is 1.44. The summed E-state index contributed by atoms with van der Waals surface area (Å²) in [5.41, 5.74) is 0.573. The van der Waals surface area contributed by atoms with Gasteiger partial charge in [-0.1, -0.05) is 6.07 Å². The summed E-state index contributed by atoms with van der Waals surface area (Å²) >= 11 is 0. The second kappa shape index (κ2) is 9.41. The van der Waals surface area contributed by atoms with Crippen molar-refractivity contribution >= 4 is 16.9 Å². The van der Waals surface area contributed by atoms with Crippen LogP contribution in [0.3, 0.4) is 0 Å². The molecule has 1 N–H and O–H groups in total. The van der Waals surface area contributed by atoms with Crippen molar-refractivity contribution in [3.63, 3.8) is 0 Å². The van der Waals surface area contributed by atoms with Gasteiger partial charge in [-0.2, -0.15) is 4.98 Å². The Bertz CT molecular complexity index is 1450. The number of ether oxygens (including phenoxy) is 2. The number of halogens is 3. The zero-order chi connectivity index (χ0) is 25.3. The highest BCUT2D eigenvalue weighted by Gasteiger charge is 2.31. The van der Waals surface area contributed by atoms with Crippen molar-refractivity contribution < 1.29 is 27.8 Å². The fraction of sp³-hybridized carbons (Fsp3) is 0.364. The molecular weight excluding hydrogens is 471 g/mol. The molecule has 2 aromatic heterocycles. The van der Waals surface area contributed by atoms with Gasteiger partial charge in [-0.15, -0.1) is 13.2 Å². The van der Waals surface area contributed by atoms with E-state index in [4.69, 9.17) is 9.84 Å². The normalized spacial score (nSPS) is 13.8. The number of allylic oxidation sites excluding steroid dienone is 1. The zero-order valence-electron chi connectivity index (χ0n) is 18.9. The molecule has 3 heterocycles. The Labute approximate surface area is 196 Å². The van der Waals surface area contributed by atoms with Gasteiger partial charge in [0.05, 0.1) is 6.54 Å². The molecule has 4 rings (SSSR count). The van der Waals surface area contributed by atoms with Gasteiger partial charge in [-0.25, -0.2) is 4.79 Å². The van der Waals surface area contributed by atoms with Gasteiger partial charge < -0.3 is 14.6 Å². The van der Waals surface area contributed by atoms with Gasteiger partial charge in [0.15, 0.2) is 11.2 Å². The average molecular weight is 493 g/mol. The van der Waals surface area contributed by atoms with Gasteiger partial charge in [0.2, 0.25) is 0 Å². The number of hydrogen-bond donors (Lipinski definition) is 1. The van der Waals surface area contributed by atoms with Crippen molar-refractivity contribution in [2.45, 2.75) is 39.2 Å². The Kier molecular flexibility index (Phi) is 6.52. The van der Waals surface area contributed by atoms with Crippen LogP contribution >= 0.6 is 0 Å². The first-order valence-electron chi connectivity index (χ1n) is 10.6. The van der Waals surface area contributed by atoms with Crippen molar-refractivity contribution in [3.8, 4) is 17.5 Å². The van der Waals surface area contributed by atoms with Gasteiger partial charge in [-0.05, 0) is 31.1 Å². The first-order valence-corrected chi connectivity index (χ1v) is 10.6. The molecule has 0 fully saturated rings. The summed E-state index contributed by atoms with van der Waals surface area (Å²) in [6, 6.07) is 4.77. The first kappa shape index (κ1) is 24.3. The zero-order valence-corrected chi connectivity index (χ0v) is 18.9. The standard InChI is InChI=1S/C22H22F3N5O5/c1-13-9-14(26-11-13)12-30-17-18(28(2)21(33)29(19(17)32)7-4-8-31)27-20(30)34-15-5-3-6-16(10-15)35-22(23,24)25/h3,5-6,10-11,31H,4,7-9,12H2,1-2H3. The highest BCUT2D eigenvalue weighted by Crippen LogP contribution is 2.30. The van der Waals surface area contributed by atoms with Crippen LogP contribution in [0.2, 0.25) is 0 Å². The van der Waals surface area contributed by atoms with E-state index in [-0.39, 0.29) is 49.0 Å². The number of aliphatic imine (C=N–C) groups is 1. The molecule has 3 aromatic rings. The Morgan fingerprint density at radius 1 is 1.17 bits per heavy atom. The van der Waals surface area contributed by atoms with Crippen molar-refractivity contribution in [3.05, 3.63) is 56.9 Å². The molecule has 0 aliphatic carbocycles. The third-order valence-corrected chi connectivity index (χ3v) is 5.28. The van der Waals surface area contributed by atoms with Crippen LogP contribution in [0.25, 0.3) is 11.2 Å². The molecular formula is C22H22F3N5O5. The number of imidazole rings is 1. The van der Waals surface area contributed by atoms with E-state index in [0.29, 0.717) is 12.1 Å². The van der Waals surface area contributed by atoms with Gasteiger partial charge in [0, 0.05) is 44.6 Å². The number of rotatable bonds is 8. The summed E-state index contributed by atoms with van der Waals surface area (Å²) in [6.45, 7) is 1.79. The lowest BCUT2D eigenvalue weighted by atomic mass is 10.2. The van der Waals surface area contributed by atoms with Crippen LogP contribution < -0.4 is 20.7 Å². The molecule has 186 valence electrons. The first-order chi connectivity index (χ1) is 16.6. The highest BCUT2D eigenvalue weighted by molar-refractivity contribution is 5.90. The molecule has 0 atom stereocenters. The topological polar surface area (TPSA) is 113 Å². The summed E-state index contributed by atoms with van der Waals surface area (Å²) in [6.07, 6.45) is -2.43. The fourth-order valence-corrected chi connectivity index (χ4v) is 3.74. The summed E-state index contributed by atoms with van der Waals surface area (Å²) in [4.78, 5) is 34.7. The predicted octanol–water partition coefficient (Wildman–Crippen LogP) is 2.72. The van der Waals surface area contributed by atoms with Gasteiger partial charge in [-0.3, -0.25) is 23.5 Å². The van der Waals surface area contributed by atoms with E-state index in [1.807, 2.05) is 6.92 Å². The lowest BCUT2D eigenvalue weighted by Gasteiger charge is -2.12.